The maximum absolute atomic E-state index is 6.32. The van der Waals surface area contributed by atoms with Crippen LogP contribution >= 0.6 is 11.6 Å². The van der Waals surface area contributed by atoms with Crippen molar-refractivity contribution < 1.29 is 9.47 Å². The van der Waals surface area contributed by atoms with E-state index in [-0.39, 0.29) is 0 Å². The zero-order valence-electron chi connectivity index (χ0n) is 17.4. The highest BCUT2D eigenvalue weighted by atomic mass is 35.5. The van der Waals surface area contributed by atoms with Gasteiger partial charge in [0, 0.05) is 49.1 Å². The number of rotatable bonds is 4. The molecule has 3 aromatic rings. The van der Waals surface area contributed by atoms with Gasteiger partial charge < -0.3 is 14.4 Å². The van der Waals surface area contributed by atoms with Crippen molar-refractivity contribution in [3.63, 3.8) is 0 Å². The quantitative estimate of drug-likeness (QED) is 0.595. The van der Waals surface area contributed by atoms with E-state index in [1.165, 1.54) is 24.8 Å². The fourth-order valence-electron chi connectivity index (χ4n) is 4.61. The Labute approximate surface area is 186 Å². The monoisotopic (exact) mass is 436 g/mol. The molecule has 31 heavy (non-hydrogen) atoms. The Morgan fingerprint density at radius 1 is 0.935 bits per heavy atom. The number of nitrogens with zero attached hydrogens (tertiary/aromatic N) is 4. The van der Waals surface area contributed by atoms with E-state index in [0.29, 0.717) is 12.7 Å². The topological polar surface area (TPSA) is 50.7 Å². The molecule has 3 heterocycles. The lowest BCUT2D eigenvalue weighted by Gasteiger charge is -2.36. The third-order valence-corrected chi connectivity index (χ3v) is 6.88. The average molecular weight is 437 g/mol. The summed E-state index contributed by atoms with van der Waals surface area (Å²) in [7, 11) is 0. The molecule has 0 bridgehead atoms. The lowest BCUT2D eigenvalue weighted by molar-refractivity contribution is 0.174. The summed E-state index contributed by atoms with van der Waals surface area (Å²) in [6, 6.07) is 12.2. The van der Waals surface area contributed by atoms with Crippen molar-refractivity contribution in [3.8, 4) is 11.5 Å². The van der Waals surface area contributed by atoms with Crippen LogP contribution in [0.5, 0.6) is 11.5 Å². The zero-order valence-corrected chi connectivity index (χ0v) is 18.1. The third kappa shape index (κ3) is 3.68. The Balaban J connectivity index is 1.21. The van der Waals surface area contributed by atoms with Crippen molar-refractivity contribution in [2.45, 2.75) is 31.7 Å². The molecule has 3 aliphatic rings. The Morgan fingerprint density at radius 2 is 1.77 bits per heavy atom. The minimum absolute atomic E-state index is 0.317. The first-order valence-electron chi connectivity index (χ1n) is 11.1. The Morgan fingerprint density at radius 3 is 2.58 bits per heavy atom. The second kappa shape index (κ2) is 7.84. The summed E-state index contributed by atoms with van der Waals surface area (Å²) in [5.41, 5.74) is 2.25. The number of halogens is 1. The number of benzene rings is 2. The highest BCUT2D eigenvalue weighted by Crippen LogP contribution is 2.37. The Kier molecular flexibility index (Phi) is 4.84. The minimum atomic E-state index is 0.317. The SMILES string of the molecule is Clc1ccc2nc(C3CCC3)nc(N3CCN(Cc4ccc5c(c4)OCO5)CC3)c2c1. The number of ether oxygens (including phenoxy) is 2. The molecule has 2 aromatic carbocycles. The largest absolute Gasteiger partial charge is 0.454 e. The zero-order chi connectivity index (χ0) is 20.8. The first kappa shape index (κ1) is 19.1. The van der Waals surface area contributed by atoms with Gasteiger partial charge in [0.25, 0.3) is 0 Å². The molecular weight excluding hydrogens is 412 g/mol. The standard InChI is InChI=1S/C24H25ClN4O2/c25-18-5-6-20-19(13-18)24(27-23(26-20)17-2-1-3-17)29-10-8-28(9-11-29)14-16-4-7-21-22(12-16)31-15-30-21/h4-7,12-13,17H,1-3,8-11,14-15H2. The summed E-state index contributed by atoms with van der Waals surface area (Å²) in [5.74, 6) is 4.23. The molecule has 1 aromatic heterocycles. The Hall–Kier alpha value is -2.57. The van der Waals surface area contributed by atoms with E-state index in [4.69, 9.17) is 31.0 Å². The maximum Gasteiger partial charge on any atom is 0.231 e. The van der Waals surface area contributed by atoms with Gasteiger partial charge in [-0.3, -0.25) is 4.90 Å². The maximum atomic E-state index is 6.32. The second-order valence-corrected chi connectivity index (χ2v) is 9.08. The summed E-state index contributed by atoms with van der Waals surface area (Å²) in [6.45, 7) is 5.07. The average Bonchev–Trinajstić information content (AvgIpc) is 3.21. The molecule has 6 nitrogen and oxygen atoms in total. The van der Waals surface area contributed by atoms with E-state index in [1.807, 2.05) is 24.3 Å². The van der Waals surface area contributed by atoms with Crippen molar-refractivity contribution in [1.82, 2.24) is 14.9 Å². The van der Waals surface area contributed by atoms with Gasteiger partial charge in [0.15, 0.2) is 11.5 Å². The fraction of sp³-hybridized carbons (Fsp3) is 0.417. The van der Waals surface area contributed by atoms with Crippen LogP contribution in [0.15, 0.2) is 36.4 Å². The van der Waals surface area contributed by atoms with Crippen LogP contribution in [0.1, 0.15) is 36.6 Å². The Bertz CT molecular complexity index is 1130. The fourth-order valence-corrected chi connectivity index (χ4v) is 4.78. The van der Waals surface area contributed by atoms with Crippen LogP contribution in [0.3, 0.4) is 0 Å². The molecule has 0 spiro atoms. The highest BCUT2D eigenvalue weighted by molar-refractivity contribution is 6.31. The molecule has 0 unspecified atom stereocenters. The molecule has 160 valence electrons. The molecule has 1 aliphatic carbocycles. The van der Waals surface area contributed by atoms with Gasteiger partial charge in [0.1, 0.15) is 11.6 Å². The molecular formula is C24H25ClN4O2. The summed E-state index contributed by atoms with van der Waals surface area (Å²) < 4.78 is 10.9. The van der Waals surface area contributed by atoms with Gasteiger partial charge >= 0.3 is 0 Å². The van der Waals surface area contributed by atoms with Gasteiger partial charge in [-0.15, -0.1) is 0 Å². The van der Waals surface area contributed by atoms with Crippen LogP contribution in [-0.2, 0) is 6.54 Å². The highest BCUT2D eigenvalue weighted by Gasteiger charge is 2.26. The third-order valence-electron chi connectivity index (χ3n) is 6.64. The summed E-state index contributed by atoms with van der Waals surface area (Å²) in [5, 5.41) is 1.79. The molecule has 1 saturated carbocycles. The minimum Gasteiger partial charge on any atom is -0.454 e. The summed E-state index contributed by atoms with van der Waals surface area (Å²) >= 11 is 6.32. The predicted octanol–water partition coefficient (Wildman–Crippen LogP) is 4.60. The van der Waals surface area contributed by atoms with Gasteiger partial charge in [-0.25, -0.2) is 9.97 Å². The first-order chi connectivity index (χ1) is 15.2. The molecule has 0 radical (unpaired) electrons. The van der Waals surface area contributed by atoms with Gasteiger partial charge in [0.2, 0.25) is 6.79 Å². The van der Waals surface area contributed by atoms with E-state index >= 15 is 0 Å². The van der Waals surface area contributed by atoms with Gasteiger partial charge in [-0.05, 0) is 48.7 Å². The smallest absolute Gasteiger partial charge is 0.231 e. The molecule has 0 amide bonds. The number of hydrogen-bond acceptors (Lipinski definition) is 6. The van der Waals surface area contributed by atoms with E-state index < -0.39 is 0 Å². The molecule has 7 heteroatoms. The van der Waals surface area contributed by atoms with E-state index in [1.54, 1.807) is 0 Å². The lowest BCUT2D eigenvalue weighted by Crippen LogP contribution is -2.46. The van der Waals surface area contributed by atoms with Gasteiger partial charge in [-0.1, -0.05) is 24.1 Å². The predicted molar refractivity (Wildman–Crippen MR) is 121 cm³/mol. The number of anilines is 1. The van der Waals surface area contributed by atoms with Crippen LogP contribution in [0.25, 0.3) is 10.9 Å². The van der Waals surface area contributed by atoms with Crippen LogP contribution in [-0.4, -0.2) is 47.8 Å². The van der Waals surface area contributed by atoms with Crippen LogP contribution in [0, 0.1) is 0 Å². The van der Waals surface area contributed by atoms with Crippen LogP contribution in [0.2, 0.25) is 5.02 Å². The van der Waals surface area contributed by atoms with Crippen molar-refractivity contribution in [1.29, 1.82) is 0 Å². The first-order valence-corrected chi connectivity index (χ1v) is 11.4. The molecule has 0 N–H and O–H groups in total. The van der Waals surface area contributed by atoms with E-state index in [2.05, 4.69) is 21.9 Å². The van der Waals surface area contributed by atoms with E-state index in [0.717, 1.165) is 71.8 Å². The van der Waals surface area contributed by atoms with Crippen LogP contribution < -0.4 is 14.4 Å². The summed E-state index contributed by atoms with van der Waals surface area (Å²) in [4.78, 5) is 14.8. The van der Waals surface area contributed by atoms with Crippen LogP contribution in [0.4, 0.5) is 5.82 Å². The van der Waals surface area contributed by atoms with Gasteiger partial charge in [0.05, 0.1) is 5.52 Å². The second-order valence-electron chi connectivity index (χ2n) is 8.65. The van der Waals surface area contributed by atoms with E-state index in [9.17, 15) is 0 Å². The summed E-state index contributed by atoms with van der Waals surface area (Å²) in [6.07, 6.45) is 3.67. The lowest BCUT2D eigenvalue weighted by atomic mass is 9.85. The number of piperazine rings is 1. The van der Waals surface area contributed by atoms with Gasteiger partial charge in [-0.2, -0.15) is 0 Å². The van der Waals surface area contributed by atoms with Crippen molar-refractivity contribution in [2.75, 3.05) is 37.9 Å². The normalized spacial score (nSPS) is 19.1. The van der Waals surface area contributed by atoms with Crippen molar-refractivity contribution >= 4 is 28.3 Å². The number of fused-ring (bicyclic) bond motifs is 2. The molecule has 2 aliphatic heterocycles. The number of aromatic nitrogens is 2. The van der Waals surface area contributed by atoms with Crippen molar-refractivity contribution in [3.05, 3.63) is 52.8 Å². The molecule has 0 atom stereocenters. The van der Waals surface area contributed by atoms with Crippen molar-refractivity contribution in [2.24, 2.45) is 0 Å². The molecule has 2 fully saturated rings. The molecule has 6 rings (SSSR count). The number of hydrogen-bond donors (Lipinski definition) is 0. The molecule has 1 saturated heterocycles.